The number of hydrogen-bond acceptors (Lipinski definition) is 8. The number of aryl methyl sites for hydroxylation is 1. The number of nitrogens with zero attached hydrogens (tertiary/aromatic N) is 5. The van der Waals surface area contributed by atoms with Crippen molar-refractivity contribution in [1.82, 2.24) is 24.6 Å². The van der Waals surface area contributed by atoms with Gasteiger partial charge < -0.3 is 21.2 Å². The Morgan fingerprint density at radius 1 is 1.15 bits per heavy atom. The lowest BCUT2D eigenvalue weighted by molar-refractivity contribution is 0.577. The molecule has 27 heavy (non-hydrogen) atoms. The second-order valence-corrected chi connectivity index (χ2v) is 5.91. The van der Waals surface area contributed by atoms with Gasteiger partial charge in [-0.3, -0.25) is 0 Å². The van der Waals surface area contributed by atoms with E-state index in [0.29, 0.717) is 53.9 Å². The standard InChI is InChI=1S/C17H17FN8O/c18-12-9-11(19)6-5-10(12)3-1-7-21-16-23-15(20)26-17(24-16)22-14(25-26)13-4-2-8-27-13/h2,4-6,8-9H,1,3,7,19H2,(H3,20,21,22,23,24,25). The molecule has 0 aliphatic carbocycles. The minimum absolute atomic E-state index is 0.150. The predicted molar refractivity (Wildman–Crippen MR) is 98.3 cm³/mol. The summed E-state index contributed by atoms with van der Waals surface area (Å²) in [5, 5.41) is 7.30. The SMILES string of the molecule is Nc1ccc(CCCNc2nc(N)n3nc(-c4ccco4)nc3n2)c(F)c1. The fourth-order valence-electron chi connectivity index (χ4n) is 2.64. The van der Waals surface area contributed by atoms with Crippen LogP contribution in [0.5, 0.6) is 0 Å². The third kappa shape index (κ3) is 3.50. The van der Waals surface area contributed by atoms with E-state index in [1.54, 1.807) is 24.3 Å². The molecule has 138 valence electrons. The van der Waals surface area contributed by atoms with Crippen molar-refractivity contribution < 1.29 is 8.81 Å². The average molecular weight is 368 g/mol. The lowest BCUT2D eigenvalue weighted by Gasteiger charge is -2.07. The van der Waals surface area contributed by atoms with Gasteiger partial charge in [-0.15, -0.1) is 5.10 Å². The highest BCUT2D eigenvalue weighted by atomic mass is 19.1. The number of hydrogen-bond donors (Lipinski definition) is 3. The second-order valence-electron chi connectivity index (χ2n) is 5.91. The molecule has 0 amide bonds. The van der Waals surface area contributed by atoms with Crippen molar-refractivity contribution >= 4 is 23.4 Å². The number of aromatic nitrogens is 5. The molecule has 0 atom stereocenters. The number of nitrogens with one attached hydrogen (secondary N) is 1. The second kappa shape index (κ2) is 6.90. The summed E-state index contributed by atoms with van der Waals surface area (Å²) in [6, 6.07) is 8.19. The van der Waals surface area contributed by atoms with Crippen LogP contribution in [0.15, 0.2) is 41.0 Å². The maximum absolute atomic E-state index is 13.8. The van der Waals surface area contributed by atoms with Crippen LogP contribution in [0, 0.1) is 5.82 Å². The van der Waals surface area contributed by atoms with Gasteiger partial charge in [0.25, 0.3) is 5.78 Å². The van der Waals surface area contributed by atoms with Gasteiger partial charge in [0.2, 0.25) is 17.7 Å². The Morgan fingerprint density at radius 3 is 2.81 bits per heavy atom. The molecule has 1 aromatic carbocycles. The summed E-state index contributed by atoms with van der Waals surface area (Å²) >= 11 is 0. The van der Waals surface area contributed by atoms with Crippen molar-refractivity contribution in [1.29, 1.82) is 0 Å². The molecule has 10 heteroatoms. The zero-order chi connectivity index (χ0) is 18.8. The number of anilines is 3. The Bertz CT molecular complexity index is 1080. The summed E-state index contributed by atoms with van der Waals surface area (Å²) in [4.78, 5) is 12.8. The van der Waals surface area contributed by atoms with Crippen molar-refractivity contribution in [2.24, 2.45) is 0 Å². The molecule has 0 radical (unpaired) electrons. The lowest BCUT2D eigenvalue weighted by atomic mass is 10.1. The number of rotatable bonds is 6. The van der Waals surface area contributed by atoms with E-state index in [9.17, 15) is 4.39 Å². The van der Waals surface area contributed by atoms with E-state index >= 15 is 0 Å². The van der Waals surface area contributed by atoms with E-state index in [1.807, 2.05) is 0 Å². The Kier molecular flexibility index (Phi) is 4.29. The van der Waals surface area contributed by atoms with Gasteiger partial charge in [-0.05, 0) is 42.7 Å². The molecule has 0 bridgehead atoms. The topological polar surface area (TPSA) is 133 Å². The molecule has 0 fully saturated rings. The maximum atomic E-state index is 13.8. The van der Waals surface area contributed by atoms with Gasteiger partial charge >= 0.3 is 0 Å². The zero-order valence-corrected chi connectivity index (χ0v) is 14.3. The molecule has 0 saturated carbocycles. The Balaban J connectivity index is 1.43. The molecule has 4 rings (SSSR count). The van der Waals surface area contributed by atoms with E-state index in [2.05, 4.69) is 25.4 Å². The number of benzene rings is 1. The van der Waals surface area contributed by atoms with E-state index in [1.165, 1.54) is 16.8 Å². The van der Waals surface area contributed by atoms with Crippen LogP contribution in [0.2, 0.25) is 0 Å². The first-order valence-corrected chi connectivity index (χ1v) is 8.32. The predicted octanol–water partition coefficient (Wildman–Crippen LogP) is 2.13. The molecular weight excluding hydrogens is 351 g/mol. The summed E-state index contributed by atoms with van der Waals surface area (Å²) in [5.41, 5.74) is 12.5. The van der Waals surface area contributed by atoms with Gasteiger partial charge in [0.1, 0.15) is 5.82 Å². The van der Waals surface area contributed by atoms with Gasteiger partial charge in [0.15, 0.2) is 5.76 Å². The number of halogens is 1. The molecular formula is C17H17FN8O. The van der Waals surface area contributed by atoms with E-state index < -0.39 is 0 Å². The Hall–Kier alpha value is -3.69. The van der Waals surface area contributed by atoms with Gasteiger partial charge in [-0.25, -0.2) is 4.39 Å². The number of furan rings is 1. The highest BCUT2D eigenvalue weighted by molar-refractivity contribution is 5.52. The van der Waals surface area contributed by atoms with Crippen LogP contribution in [0.1, 0.15) is 12.0 Å². The third-order valence-electron chi connectivity index (χ3n) is 3.96. The molecule has 3 heterocycles. The minimum atomic E-state index is -0.300. The van der Waals surface area contributed by atoms with Crippen LogP contribution in [-0.4, -0.2) is 31.1 Å². The normalized spacial score (nSPS) is 11.1. The van der Waals surface area contributed by atoms with E-state index in [0.717, 1.165) is 0 Å². The first-order chi connectivity index (χ1) is 13.1. The molecule has 4 aromatic rings. The molecule has 0 saturated heterocycles. The molecule has 0 spiro atoms. The fraction of sp³-hybridized carbons (Fsp3) is 0.176. The summed E-state index contributed by atoms with van der Waals surface area (Å²) in [5.74, 6) is 1.37. The van der Waals surface area contributed by atoms with Crippen molar-refractivity contribution in [3.05, 3.63) is 48.0 Å². The molecule has 0 unspecified atom stereocenters. The minimum Gasteiger partial charge on any atom is -0.461 e. The highest BCUT2D eigenvalue weighted by Gasteiger charge is 2.13. The smallest absolute Gasteiger partial charge is 0.259 e. The molecule has 9 nitrogen and oxygen atoms in total. The van der Waals surface area contributed by atoms with Gasteiger partial charge in [-0.2, -0.15) is 19.5 Å². The van der Waals surface area contributed by atoms with Crippen LogP contribution in [0.4, 0.5) is 22.0 Å². The maximum Gasteiger partial charge on any atom is 0.259 e. The van der Waals surface area contributed by atoms with Gasteiger partial charge in [-0.1, -0.05) is 6.07 Å². The van der Waals surface area contributed by atoms with E-state index in [-0.39, 0.29) is 11.8 Å². The highest BCUT2D eigenvalue weighted by Crippen LogP contribution is 2.18. The molecule has 3 aromatic heterocycles. The third-order valence-corrected chi connectivity index (χ3v) is 3.96. The largest absolute Gasteiger partial charge is 0.461 e. The Morgan fingerprint density at radius 2 is 2.04 bits per heavy atom. The molecule has 5 N–H and O–H groups in total. The molecule has 0 aliphatic heterocycles. The zero-order valence-electron chi connectivity index (χ0n) is 14.3. The van der Waals surface area contributed by atoms with Gasteiger partial charge in [0, 0.05) is 12.2 Å². The van der Waals surface area contributed by atoms with Gasteiger partial charge in [0.05, 0.1) is 6.26 Å². The quantitative estimate of drug-likeness (QED) is 0.348. The van der Waals surface area contributed by atoms with Crippen LogP contribution >= 0.6 is 0 Å². The van der Waals surface area contributed by atoms with Crippen LogP contribution in [0.25, 0.3) is 17.4 Å². The summed E-state index contributed by atoms with van der Waals surface area (Å²) in [7, 11) is 0. The van der Waals surface area contributed by atoms with E-state index in [4.69, 9.17) is 15.9 Å². The summed E-state index contributed by atoms with van der Waals surface area (Å²) < 4.78 is 20.4. The van der Waals surface area contributed by atoms with Crippen molar-refractivity contribution in [3.8, 4) is 11.6 Å². The van der Waals surface area contributed by atoms with Crippen LogP contribution < -0.4 is 16.8 Å². The monoisotopic (exact) mass is 368 g/mol. The summed E-state index contributed by atoms with van der Waals surface area (Å²) in [6.45, 7) is 0.540. The Labute approximate surface area is 153 Å². The molecule has 0 aliphatic rings. The lowest BCUT2D eigenvalue weighted by Crippen LogP contribution is -2.11. The number of fused-ring (bicyclic) bond motifs is 1. The number of nitrogen functional groups attached to an aromatic ring is 2. The average Bonchev–Trinajstić information content (AvgIpc) is 3.29. The fourth-order valence-corrected chi connectivity index (χ4v) is 2.64. The first-order valence-electron chi connectivity index (χ1n) is 8.32. The number of nitrogens with two attached hydrogens (primary N) is 2. The van der Waals surface area contributed by atoms with Crippen LogP contribution in [-0.2, 0) is 6.42 Å². The van der Waals surface area contributed by atoms with Crippen molar-refractivity contribution in [3.63, 3.8) is 0 Å². The van der Waals surface area contributed by atoms with Crippen molar-refractivity contribution in [2.75, 3.05) is 23.3 Å². The van der Waals surface area contributed by atoms with Crippen LogP contribution in [0.3, 0.4) is 0 Å². The van der Waals surface area contributed by atoms with Crippen molar-refractivity contribution in [2.45, 2.75) is 12.8 Å². The summed E-state index contributed by atoms with van der Waals surface area (Å²) in [6.07, 6.45) is 2.77. The first kappa shape index (κ1) is 16.8.